The summed E-state index contributed by atoms with van der Waals surface area (Å²) in [6.45, 7) is 0. The summed E-state index contributed by atoms with van der Waals surface area (Å²) in [6.07, 6.45) is 2.83. The van der Waals surface area contributed by atoms with Gasteiger partial charge in [-0.3, -0.25) is 4.98 Å². The van der Waals surface area contributed by atoms with Gasteiger partial charge in [0.1, 0.15) is 5.82 Å². The zero-order valence-electron chi connectivity index (χ0n) is 9.98. The summed E-state index contributed by atoms with van der Waals surface area (Å²) < 4.78 is 13.6. The Morgan fingerprint density at radius 2 is 1.95 bits per heavy atom. The molecule has 0 fully saturated rings. The summed E-state index contributed by atoms with van der Waals surface area (Å²) in [4.78, 5) is 3.87. The number of benzene rings is 1. The highest BCUT2D eigenvalue weighted by atomic mass is 35.5. The summed E-state index contributed by atoms with van der Waals surface area (Å²) in [7, 11) is 0. The van der Waals surface area contributed by atoms with E-state index in [0.29, 0.717) is 22.0 Å². The Labute approximate surface area is 120 Å². The quantitative estimate of drug-likeness (QED) is 0.934. The van der Waals surface area contributed by atoms with Crippen molar-refractivity contribution < 1.29 is 9.50 Å². The standard InChI is InChI=1S/C14H12Cl2FNO/c15-12-2-1-3-14(17)11(12)7-10(19)6-9-4-5-18-8-13(9)16/h1-5,8,10,19H,6-7H2. The van der Waals surface area contributed by atoms with Crippen LogP contribution in [0.3, 0.4) is 0 Å². The van der Waals surface area contributed by atoms with Crippen LogP contribution in [0.15, 0.2) is 36.7 Å². The maximum atomic E-state index is 13.6. The third-order valence-electron chi connectivity index (χ3n) is 2.81. The van der Waals surface area contributed by atoms with Gasteiger partial charge >= 0.3 is 0 Å². The molecule has 2 rings (SSSR count). The summed E-state index contributed by atoms with van der Waals surface area (Å²) in [5, 5.41) is 10.8. The van der Waals surface area contributed by atoms with Gasteiger partial charge in [-0.05, 0) is 23.8 Å². The molecule has 100 valence electrons. The van der Waals surface area contributed by atoms with E-state index in [1.807, 2.05) is 0 Å². The van der Waals surface area contributed by atoms with E-state index in [4.69, 9.17) is 23.2 Å². The van der Waals surface area contributed by atoms with E-state index < -0.39 is 11.9 Å². The Morgan fingerprint density at radius 3 is 2.63 bits per heavy atom. The van der Waals surface area contributed by atoms with Crippen molar-refractivity contribution in [1.29, 1.82) is 0 Å². The van der Waals surface area contributed by atoms with E-state index in [9.17, 15) is 9.50 Å². The number of nitrogens with zero attached hydrogens (tertiary/aromatic N) is 1. The highest BCUT2D eigenvalue weighted by Crippen LogP contribution is 2.22. The Bertz CT molecular complexity index is 557. The number of hydrogen-bond acceptors (Lipinski definition) is 2. The average Bonchev–Trinajstić information content (AvgIpc) is 2.37. The first-order valence-corrected chi connectivity index (χ1v) is 6.53. The fourth-order valence-electron chi connectivity index (χ4n) is 1.86. The van der Waals surface area contributed by atoms with Gasteiger partial charge in [-0.15, -0.1) is 0 Å². The predicted molar refractivity (Wildman–Crippen MR) is 74.1 cm³/mol. The molecule has 1 aromatic heterocycles. The molecule has 0 spiro atoms. The normalized spacial score (nSPS) is 12.4. The lowest BCUT2D eigenvalue weighted by Crippen LogP contribution is -2.15. The fourth-order valence-corrected chi connectivity index (χ4v) is 2.30. The molecule has 2 aromatic rings. The van der Waals surface area contributed by atoms with Crippen molar-refractivity contribution in [3.8, 4) is 0 Å². The summed E-state index contributed by atoms with van der Waals surface area (Å²) >= 11 is 11.9. The van der Waals surface area contributed by atoms with Crippen molar-refractivity contribution in [2.24, 2.45) is 0 Å². The van der Waals surface area contributed by atoms with Crippen LogP contribution in [0.2, 0.25) is 10.0 Å². The zero-order valence-corrected chi connectivity index (χ0v) is 11.5. The largest absolute Gasteiger partial charge is 0.392 e. The second-order valence-corrected chi connectivity index (χ2v) is 5.04. The number of rotatable bonds is 4. The van der Waals surface area contributed by atoms with Crippen molar-refractivity contribution in [3.05, 3.63) is 63.6 Å². The first-order valence-electron chi connectivity index (χ1n) is 5.77. The number of aliphatic hydroxyl groups is 1. The lowest BCUT2D eigenvalue weighted by molar-refractivity contribution is 0.174. The van der Waals surface area contributed by atoms with Crippen LogP contribution in [-0.4, -0.2) is 16.2 Å². The molecule has 0 aliphatic rings. The summed E-state index contributed by atoms with van der Waals surface area (Å²) in [6, 6.07) is 6.20. The zero-order chi connectivity index (χ0) is 13.8. The second-order valence-electron chi connectivity index (χ2n) is 4.23. The molecule has 0 amide bonds. The number of aromatic nitrogens is 1. The lowest BCUT2D eigenvalue weighted by atomic mass is 10.0. The molecule has 0 radical (unpaired) electrons. The van der Waals surface area contributed by atoms with Crippen LogP contribution in [-0.2, 0) is 12.8 Å². The fraction of sp³-hybridized carbons (Fsp3) is 0.214. The molecule has 1 atom stereocenters. The van der Waals surface area contributed by atoms with Crippen molar-refractivity contribution >= 4 is 23.2 Å². The van der Waals surface area contributed by atoms with Crippen LogP contribution < -0.4 is 0 Å². The molecule has 1 heterocycles. The Hall–Kier alpha value is -1.16. The molecule has 2 nitrogen and oxygen atoms in total. The molecule has 0 aliphatic heterocycles. The van der Waals surface area contributed by atoms with Gasteiger partial charge in [0.2, 0.25) is 0 Å². The smallest absolute Gasteiger partial charge is 0.127 e. The van der Waals surface area contributed by atoms with Crippen LogP contribution in [0.25, 0.3) is 0 Å². The average molecular weight is 300 g/mol. The molecule has 0 aliphatic carbocycles. The minimum Gasteiger partial charge on any atom is -0.392 e. The lowest BCUT2D eigenvalue weighted by Gasteiger charge is -2.13. The van der Waals surface area contributed by atoms with Gasteiger partial charge in [-0.2, -0.15) is 0 Å². The van der Waals surface area contributed by atoms with Crippen molar-refractivity contribution in [2.75, 3.05) is 0 Å². The van der Waals surface area contributed by atoms with Crippen molar-refractivity contribution in [2.45, 2.75) is 18.9 Å². The highest BCUT2D eigenvalue weighted by Gasteiger charge is 2.14. The summed E-state index contributed by atoms with van der Waals surface area (Å²) in [5.41, 5.74) is 1.10. The maximum Gasteiger partial charge on any atom is 0.127 e. The van der Waals surface area contributed by atoms with E-state index in [0.717, 1.165) is 5.56 Å². The minimum atomic E-state index is -0.755. The van der Waals surface area contributed by atoms with Gasteiger partial charge in [0.15, 0.2) is 0 Å². The Balaban J connectivity index is 2.10. The third-order valence-corrected chi connectivity index (χ3v) is 3.51. The van der Waals surface area contributed by atoms with E-state index >= 15 is 0 Å². The van der Waals surface area contributed by atoms with E-state index in [1.54, 1.807) is 18.3 Å². The molecule has 1 unspecified atom stereocenters. The first-order chi connectivity index (χ1) is 9.08. The number of pyridine rings is 1. The predicted octanol–water partition coefficient (Wildman–Crippen LogP) is 3.67. The van der Waals surface area contributed by atoms with Crippen LogP contribution in [0.1, 0.15) is 11.1 Å². The van der Waals surface area contributed by atoms with Crippen LogP contribution in [0, 0.1) is 5.82 Å². The molecular formula is C14H12Cl2FNO. The van der Waals surface area contributed by atoms with Gasteiger partial charge in [0.05, 0.1) is 11.1 Å². The number of hydrogen-bond donors (Lipinski definition) is 1. The van der Waals surface area contributed by atoms with E-state index in [2.05, 4.69) is 4.98 Å². The topological polar surface area (TPSA) is 33.1 Å². The van der Waals surface area contributed by atoms with Crippen LogP contribution in [0.4, 0.5) is 4.39 Å². The Morgan fingerprint density at radius 1 is 1.16 bits per heavy atom. The molecule has 5 heteroatoms. The van der Waals surface area contributed by atoms with Gasteiger partial charge < -0.3 is 5.11 Å². The molecule has 0 saturated carbocycles. The molecule has 1 N–H and O–H groups in total. The molecule has 0 bridgehead atoms. The molecule has 19 heavy (non-hydrogen) atoms. The van der Waals surface area contributed by atoms with Crippen LogP contribution in [0.5, 0.6) is 0 Å². The highest BCUT2D eigenvalue weighted by molar-refractivity contribution is 6.31. The van der Waals surface area contributed by atoms with Gasteiger partial charge in [0.25, 0.3) is 0 Å². The Kier molecular flexibility index (Phi) is 4.75. The SMILES string of the molecule is OC(Cc1ccncc1Cl)Cc1c(F)cccc1Cl. The van der Waals surface area contributed by atoms with Crippen molar-refractivity contribution in [3.63, 3.8) is 0 Å². The van der Waals surface area contributed by atoms with Gasteiger partial charge in [-0.1, -0.05) is 29.3 Å². The molecule has 1 aromatic carbocycles. The number of halogens is 3. The second kappa shape index (κ2) is 6.33. The summed E-state index contributed by atoms with van der Waals surface area (Å²) in [5.74, 6) is -0.410. The first kappa shape index (κ1) is 14.3. The third kappa shape index (κ3) is 3.66. The van der Waals surface area contributed by atoms with Gasteiger partial charge in [-0.25, -0.2) is 4.39 Å². The van der Waals surface area contributed by atoms with Crippen molar-refractivity contribution in [1.82, 2.24) is 4.98 Å². The van der Waals surface area contributed by atoms with Crippen LogP contribution >= 0.6 is 23.2 Å². The molecule has 0 saturated heterocycles. The molecular weight excluding hydrogens is 288 g/mol. The minimum absolute atomic E-state index is 0.143. The number of aliphatic hydroxyl groups excluding tert-OH is 1. The maximum absolute atomic E-state index is 13.6. The van der Waals surface area contributed by atoms with Gasteiger partial charge in [0, 0.05) is 35.8 Å². The van der Waals surface area contributed by atoms with E-state index in [1.165, 1.54) is 18.3 Å². The monoisotopic (exact) mass is 299 g/mol. The van der Waals surface area contributed by atoms with E-state index in [-0.39, 0.29) is 6.42 Å².